The molecule has 0 bridgehead atoms. The number of nitrogens with one attached hydrogen (secondary N) is 1. The first-order valence-corrected chi connectivity index (χ1v) is 9.31. The minimum absolute atomic E-state index is 0.170. The number of carbonyl (C=O) groups excluding carboxylic acids is 1. The lowest BCUT2D eigenvalue weighted by molar-refractivity contribution is 0.0983. The van der Waals surface area contributed by atoms with Gasteiger partial charge in [0, 0.05) is 18.3 Å². The van der Waals surface area contributed by atoms with Crippen LogP contribution in [0.25, 0.3) is 0 Å². The number of rotatable bonds is 7. The summed E-state index contributed by atoms with van der Waals surface area (Å²) in [6.07, 6.45) is 1.39. The lowest BCUT2D eigenvalue weighted by atomic mass is 10.2. The Morgan fingerprint density at radius 3 is 2.64 bits per heavy atom. The zero-order valence-corrected chi connectivity index (χ0v) is 16.3. The van der Waals surface area contributed by atoms with Crippen molar-refractivity contribution in [2.75, 3.05) is 23.4 Å². The molecule has 0 fully saturated rings. The predicted molar refractivity (Wildman–Crippen MR) is 111 cm³/mol. The molecule has 0 unspecified atom stereocenters. The van der Waals surface area contributed by atoms with Crippen LogP contribution in [0.1, 0.15) is 29.9 Å². The minimum Gasteiger partial charge on any atom is -0.492 e. The summed E-state index contributed by atoms with van der Waals surface area (Å²) in [7, 11) is 0. The number of nitrogens with zero attached hydrogens (tertiary/aromatic N) is 3. The van der Waals surface area contributed by atoms with Crippen LogP contribution in [0.5, 0.6) is 5.75 Å². The monoisotopic (exact) mass is 376 g/mol. The van der Waals surface area contributed by atoms with Crippen molar-refractivity contribution < 1.29 is 9.53 Å². The number of hydrogen-bond donors (Lipinski definition) is 1. The molecule has 144 valence electrons. The van der Waals surface area contributed by atoms with Crippen molar-refractivity contribution in [1.82, 2.24) is 9.97 Å². The van der Waals surface area contributed by atoms with E-state index in [0.717, 1.165) is 22.7 Å². The van der Waals surface area contributed by atoms with Gasteiger partial charge in [-0.1, -0.05) is 24.3 Å². The van der Waals surface area contributed by atoms with Crippen LogP contribution < -0.4 is 15.0 Å². The van der Waals surface area contributed by atoms with E-state index in [2.05, 4.69) is 15.3 Å². The molecule has 0 aliphatic carbocycles. The van der Waals surface area contributed by atoms with E-state index in [1.807, 2.05) is 69.3 Å². The maximum atomic E-state index is 13.0. The summed E-state index contributed by atoms with van der Waals surface area (Å²) in [5.74, 6) is 1.09. The van der Waals surface area contributed by atoms with Crippen LogP contribution in [0.15, 0.2) is 60.9 Å². The van der Waals surface area contributed by atoms with Gasteiger partial charge in [-0.05, 0) is 50.6 Å². The van der Waals surface area contributed by atoms with Crippen molar-refractivity contribution in [3.63, 3.8) is 0 Å². The number of para-hydroxylation sites is 2. The third kappa shape index (κ3) is 4.46. The first-order valence-electron chi connectivity index (χ1n) is 9.31. The molecule has 1 heterocycles. The van der Waals surface area contributed by atoms with Crippen molar-refractivity contribution in [2.24, 2.45) is 0 Å². The summed E-state index contributed by atoms with van der Waals surface area (Å²) in [4.78, 5) is 23.2. The number of aryl methyl sites for hydroxylation is 1. The molecule has 0 spiro atoms. The van der Waals surface area contributed by atoms with E-state index in [4.69, 9.17) is 4.74 Å². The molecule has 6 nitrogen and oxygen atoms in total. The molecule has 3 rings (SSSR count). The summed E-state index contributed by atoms with van der Waals surface area (Å²) in [6.45, 7) is 6.99. The van der Waals surface area contributed by atoms with Gasteiger partial charge in [-0.2, -0.15) is 0 Å². The molecule has 0 saturated heterocycles. The average molecular weight is 376 g/mol. The quantitative estimate of drug-likeness (QED) is 0.653. The first-order chi connectivity index (χ1) is 13.6. The molecule has 6 heteroatoms. The number of carbonyl (C=O) groups is 1. The van der Waals surface area contributed by atoms with E-state index in [1.165, 1.54) is 6.33 Å². The average Bonchev–Trinajstić information content (AvgIpc) is 2.70. The highest BCUT2D eigenvalue weighted by atomic mass is 16.5. The van der Waals surface area contributed by atoms with Crippen LogP contribution in [-0.4, -0.2) is 29.0 Å². The highest BCUT2D eigenvalue weighted by molar-refractivity contribution is 6.05. The maximum Gasteiger partial charge on any atom is 0.277 e. The molecule has 0 aliphatic heterocycles. The predicted octanol–water partition coefficient (Wildman–Crippen LogP) is 4.59. The molecular formula is C22H24N4O2. The van der Waals surface area contributed by atoms with Gasteiger partial charge < -0.3 is 15.0 Å². The Balaban J connectivity index is 1.85. The molecule has 0 saturated carbocycles. The standard InChI is InChI=1S/C22H24N4O2/c1-4-26(17-10-8-9-16(3)13-17)22(27)19-14-21(24-15-23-19)25-18-11-6-7-12-20(18)28-5-2/h6-15H,4-5H2,1-3H3,(H,23,24,25). The number of aromatic nitrogens is 2. The fraction of sp³-hybridized carbons (Fsp3) is 0.227. The van der Waals surface area contributed by atoms with E-state index in [0.29, 0.717) is 24.7 Å². The normalized spacial score (nSPS) is 10.4. The van der Waals surface area contributed by atoms with Crippen LogP contribution in [0.4, 0.5) is 17.2 Å². The van der Waals surface area contributed by atoms with Gasteiger partial charge in [0.15, 0.2) is 0 Å². The Labute approximate surface area is 165 Å². The van der Waals surface area contributed by atoms with Crippen LogP contribution >= 0.6 is 0 Å². The second kappa shape index (κ2) is 8.99. The third-order valence-electron chi connectivity index (χ3n) is 4.21. The van der Waals surface area contributed by atoms with Crippen molar-refractivity contribution in [3.05, 3.63) is 72.2 Å². The van der Waals surface area contributed by atoms with Gasteiger partial charge in [-0.15, -0.1) is 0 Å². The molecule has 0 radical (unpaired) electrons. The molecule has 0 atom stereocenters. The van der Waals surface area contributed by atoms with Gasteiger partial charge in [0.1, 0.15) is 23.6 Å². The van der Waals surface area contributed by atoms with E-state index in [9.17, 15) is 4.79 Å². The highest BCUT2D eigenvalue weighted by Crippen LogP contribution is 2.27. The number of hydrogen-bond acceptors (Lipinski definition) is 5. The lowest BCUT2D eigenvalue weighted by Crippen LogP contribution is -2.31. The molecule has 28 heavy (non-hydrogen) atoms. The van der Waals surface area contributed by atoms with Crippen molar-refractivity contribution in [1.29, 1.82) is 0 Å². The van der Waals surface area contributed by atoms with E-state index < -0.39 is 0 Å². The topological polar surface area (TPSA) is 67.3 Å². The summed E-state index contributed by atoms with van der Waals surface area (Å²) in [5.41, 5.74) is 3.06. The van der Waals surface area contributed by atoms with Gasteiger partial charge >= 0.3 is 0 Å². The Morgan fingerprint density at radius 2 is 1.89 bits per heavy atom. The van der Waals surface area contributed by atoms with Gasteiger partial charge in [-0.25, -0.2) is 9.97 Å². The fourth-order valence-corrected chi connectivity index (χ4v) is 2.91. The molecule has 1 amide bonds. The van der Waals surface area contributed by atoms with Crippen LogP contribution in [0.3, 0.4) is 0 Å². The second-order valence-corrected chi connectivity index (χ2v) is 6.23. The smallest absolute Gasteiger partial charge is 0.277 e. The first kappa shape index (κ1) is 19.4. The van der Waals surface area contributed by atoms with Crippen molar-refractivity contribution in [2.45, 2.75) is 20.8 Å². The summed E-state index contributed by atoms with van der Waals surface area (Å²) in [5, 5.41) is 3.21. The molecular weight excluding hydrogens is 352 g/mol. The zero-order chi connectivity index (χ0) is 19.9. The zero-order valence-electron chi connectivity index (χ0n) is 16.3. The van der Waals surface area contributed by atoms with Gasteiger partial charge in [0.2, 0.25) is 0 Å². The van der Waals surface area contributed by atoms with Crippen LogP contribution in [0, 0.1) is 6.92 Å². The Bertz CT molecular complexity index is 959. The van der Waals surface area contributed by atoms with E-state index >= 15 is 0 Å². The van der Waals surface area contributed by atoms with Gasteiger partial charge in [0.25, 0.3) is 5.91 Å². The molecule has 1 aromatic heterocycles. The third-order valence-corrected chi connectivity index (χ3v) is 4.21. The number of amides is 1. The fourth-order valence-electron chi connectivity index (χ4n) is 2.91. The molecule has 1 N–H and O–H groups in total. The summed E-state index contributed by atoms with van der Waals surface area (Å²) >= 11 is 0. The Hall–Kier alpha value is -3.41. The van der Waals surface area contributed by atoms with E-state index in [-0.39, 0.29) is 5.91 Å². The minimum atomic E-state index is -0.170. The SMILES string of the molecule is CCOc1ccccc1Nc1cc(C(=O)N(CC)c2cccc(C)c2)ncn1. The summed E-state index contributed by atoms with van der Waals surface area (Å²) < 4.78 is 5.63. The largest absolute Gasteiger partial charge is 0.492 e. The molecule has 2 aromatic carbocycles. The number of benzene rings is 2. The van der Waals surface area contributed by atoms with Crippen molar-refractivity contribution >= 4 is 23.1 Å². The van der Waals surface area contributed by atoms with E-state index in [1.54, 1.807) is 11.0 Å². The van der Waals surface area contributed by atoms with Crippen LogP contribution in [0.2, 0.25) is 0 Å². The number of anilines is 3. The van der Waals surface area contributed by atoms with Gasteiger partial charge in [0.05, 0.1) is 12.3 Å². The highest BCUT2D eigenvalue weighted by Gasteiger charge is 2.18. The molecule has 3 aromatic rings. The van der Waals surface area contributed by atoms with Crippen molar-refractivity contribution in [3.8, 4) is 5.75 Å². The Morgan fingerprint density at radius 1 is 1.07 bits per heavy atom. The summed E-state index contributed by atoms with van der Waals surface area (Å²) in [6, 6.07) is 17.1. The second-order valence-electron chi connectivity index (χ2n) is 6.23. The van der Waals surface area contributed by atoms with Gasteiger partial charge in [-0.3, -0.25) is 4.79 Å². The maximum absolute atomic E-state index is 13.0. The number of ether oxygens (including phenoxy) is 1. The molecule has 0 aliphatic rings. The van der Waals surface area contributed by atoms with Crippen LogP contribution in [-0.2, 0) is 0 Å². The Kier molecular flexibility index (Phi) is 6.22. The lowest BCUT2D eigenvalue weighted by Gasteiger charge is -2.21.